The number of rotatable bonds is 6. The maximum Gasteiger partial charge on any atom is 0.229 e. The zero-order valence-electron chi connectivity index (χ0n) is 19.2. The summed E-state index contributed by atoms with van der Waals surface area (Å²) in [6.07, 6.45) is 3.70. The molecule has 0 bridgehead atoms. The van der Waals surface area contributed by atoms with Gasteiger partial charge >= 0.3 is 0 Å². The Kier molecular flexibility index (Phi) is 6.85. The molecule has 1 amide bonds. The quantitative estimate of drug-likeness (QED) is 0.600. The second-order valence-electron chi connectivity index (χ2n) is 9.01. The van der Waals surface area contributed by atoms with E-state index in [1.165, 1.54) is 5.56 Å². The number of nitrogens with one attached hydrogen (secondary N) is 1. The van der Waals surface area contributed by atoms with Crippen molar-refractivity contribution in [1.82, 2.24) is 19.8 Å². The van der Waals surface area contributed by atoms with E-state index in [1.54, 1.807) is 17.5 Å². The van der Waals surface area contributed by atoms with Gasteiger partial charge in [0.25, 0.3) is 0 Å². The van der Waals surface area contributed by atoms with E-state index in [1.807, 2.05) is 24.3 Å². The van der Waals surface area contributed by atoms with Crippen LogP contribution < -0.4 is 10.2 Å². The monoisotopic (exact) mass is 464 g/mol. The standard InChI is InChI=1S/C25H32N6OS/c1-2-29-13-15-30(16-14-29)17-19-7-9-21(10-8-19)27-23(32)20-5-4-12-31(18-20)25-28-22-6-3-11-26-24(22)33-25/h3,6-11,20H,2,4-5,12-18H2,1H3,(H,27,32)/t20-/m0/s1. The fourth-order valence-corrected chi connectivity index (χ4v) is 5.66. The molecule has 2 fully saturated rings. The van der Waals surface area contributed by atoms with Crippen molar-refractivity contribution in [3.63, 3.8) is 0 Å². The minimum atomic E-state index is -0.0340. The molecule has 3 aromatic rings. The van der Waals surface area contributed by atoms with Crippen molar-refractivity contribution < 1.29 is 4.79 Å². The SMILES string of the molecule is CCN1CCN(Cc2ccc(NC(=O)[C@H]3CCCN(c4nc5cccnc5s4)C3)cc2)CC1. The number of aromatic nitrogens is 2. The van der Waals surface area contributed by atoms with Crippen LogP contribution in [0.1, 0.15) is 25.3 Å². The van der Waals surface area contributed by atoms with Crippen molar-refractivity contribution in [1.29, 1.82) is 0 Å². The van der Waals surface area contributed by atoms with Crippen LogP contribution in [0.25, 0.3) is 10.3 Å². The molecule has 8 heteroatoms. The van der Waals surface area contributed by atoms with Crippen LogP contribution in [0.2, 0.25) is 0 Å². The summed E-state index contributed by atoms with van der Waals surface area (Å²) in [6, 6.07) is 12.3. The van der Waals surface area contributed by atoms with Gasteiger partial charge in [-0.05, 0) is 49.2 Å². The normalized spacial score (nSPS) is 20.3. The van der Waals surface area contributed by atoms with Crippen molar-refractivity contribution in [2.24, 2.45) is 5.92 Å². The van der Waals surface area contributed by atoms with Gasteiger partial charge in [-0.1, -0.05) is 30.4 Å². The van der Waals surface area contributed by atoms with Gasteiger partial charge in [-0.25, -0.2) is 9.97 Å². The van der Waals surface area contributed by atoms with Gasteiger partial charge in [0, 0.05) is 57.7 Å². The fourth-order valence-electron chi connectivity index (χ4n) is 4.72. The first kappa shape index (κ1) is 22.3. The molecule has 0 unspecified atom stereocenters. The smallest absolute Gasteiger partial charge is 0.229 e. The van der Waals surface area contributed by atoms with E-state index in [-0.39, 0.29) is 11.8 Å². The molecule has 4 heterocycles. The lowest BCUT2D eigenvalue weighted by molar-refractivity contribution is -0.120. The lowest BCUT2D eigenvalue weighted by Crippen LogP contribution is -2.45. The number of thiazole rings is 1. The number of hydrogen-bond acceptors (Lipinski definition) is 7. The number of pyridine rings is 1. The Morgan fingerprint density at radius 3 is 2.64 bits per heavy atom. The number of likely N-dealkylation sites (N-methyl/N-ethyl adjacent to an activating group) is 1. The minimum absolute atomic E-state index is 0.0340. The van der Waals surface area contributed by atoms with Gasteiger partial charge in [0.05, 0.1) is 5.92 Å². The second kappa shape index (κ2) is 10.2. The van der Waals surface area contributed by atoms with E-state index < -0.39 is 0 Å². The maximum absolute atomic E-state index is 13.0. The molecule has 2 aromatic heterocycles. The minimum Gasteiger partial charge on any atom is -0.347 e. The Morgan fingerprint density at radius 1 is 1.09 bits per heavy atom. The Balaban J connectivity index is 1.15. The summed E-state index contributed by atoms with van der Waals surface area (Å²) in [5, 5.41) is 4.10. The highest BCUT2D eigenvalue weighted by Gasteiger charge is 2.27. The topological polar surface area (TPSA) is 64.6 Å². The van der Waals surface area contributed by atoms with Crippen LogP contribution in [0.5, 0.6) is 0 Å². The van der Waals surface area contributed by atoms with Crippen molar-refractivity contribution in [2.75, 3.05) is 56.0 Å². The van der Waals surface area contributed by atoms with Crippen LogP contribution >= 0.6 is 11.3 Å². The van der Waals surface area contributed by atoms with E-state index in [4.69, 9.17) is 4.98 Å². The van der Waals surface area contributed by atoms with E-state index in [0.717, 1.165) is 79.8 Å². The largest absolute Gasteiger partial charge is 0.347 e. The molecule has 0 spiro atoms. The molecule has 0 aliphatic carbocycles. The molecule has 2 saturated heterocycles. The van der Waals surface area contributed by atoms with Crippen molar-refractivity contribution >= 4 is 38.4 Å². The Bertz CT molecular complexity index is 1040. The lowest BCUT2D eigenvalue weighted by atomic mass is 9.97. The first-order valence-electron chi connectivity index (χ1n) is 12.0. The van der Waals surface area contributed by atoms with E-state index >= 15 is 0 Å². The van der Waals surface area contributed by atoms with E-state index in [2.05, 4.69) is 44.1 Å². The molecule has 7 nitrogen and oxygen atoms in total. The molecular formula is C25H32N6OS. The van der Waals surface area contributed by atoms with Crippen molar-refractivity contribution in [3.8, 4) is 0 Å². The van der Waals surface area contributed by atoms with Crippen LogP contribution in [0, 0.1) is 5.92 Å². The summed E-state index contributed by atoms with van der Waals surface area (Å²) >= 11 is 1.60. The average molecular weight is 465 g/mol. The van der Waals surface area contributed by atoms with Crippen LogP contribution in [-0.4, -0.2) is 71.5 Å². The van der Waals surface area contributed by atoms with Crippen LogP contribution in [-0.2, 0) is 11.3 Å². The Labute approximate surface area is 199 Å². The van der Waals surface area contributed by atoms with Gasteiger partial charge in [-0.3, -0.25) is 9.69 Å². The fraction of sp³-hybridized carbons (Fsp3) is 0.480. The number of piperidine rings is 1. The predicted molar refractivity (Wildman–Crippen MR) is 135 cm³/mol. The first-order chi connectivity index (χ1) is 16.2. The van der Waals surface area contributed by atoms with E-state index in [9.17, 15) is 4.79 Å². The summed E-state index contributed by atoms with van der Waals surface area (Å²) in [6.45, 7) is 10.5. The van der Waals surface area contributed by atoms with Crippen molar-refractivity contribution in [2.45, 2.75) is 26.3 Å². The summed E-state index contributed by atoms with van der Waals surface area (Å²) in [4.78, 5) is 30.3. The first-order valence-corrected chi connectivity index (χ1v) is 12.8. The van der Waals surface area contributed by atoms with Crippen LogP contribution in [0.3, 0.4) is 0 Å². The molecule has 2 aliphatic rings. The molecule has 0 saturated carbocycles. The van der Waals surface area contributed by atoms with E-state index in [0.29, 0.717) is 6.54 Å². The Morgan fingerprint density at radius 2 is 1.88 bits per heavy atom. The number of carbonyl (C=O) groups is 1. The van der Waals surface area contributed by atoms with Gasteiger partial charge in [-0.15, -0.1) is 0 Å². The zero-order valence-corrected chi connectivity index (χ0v) is 20.1. The van der Waals surface area contributed by atoms with Crippen LogP contribution in [0.15, 0.2) is 42.6 Å². The van der Waals surface area contributed by atoms with Crippen LogP contribution in [0.4, 0.5) is 10.8 Å². The highest BCUT2D eigenvalue weighted by atomic mass is 32.1. The molecule has 1 aromatic carbocycles. The number of piperazine rings is 1. The summed E-state index contributed by atoms with van der Waals surface area (Å²) < 4.78 is 0. The number of carbonyl (C=O) groups excluding carboxylic acids is 1. The number of anilines is 2. The molecule has 174 valence electrons. The number of benzene rings is 1. The number of nitrogens with zero attached hydrogens (tertiary/aromatic N) is 5. The molecule has 33 heavy (non-hydrogen) atoms. The molecule has 0 radical (unpaired) electrons. The van der Waals surface area contributed by atoms with Gasteiger partial charge in [0.15, 0.2) is 5.13 Å². The average Bonchev–Trinajstić information content (AvgIpc) is 3.30. The summed E-state index contributed by atoms with van der Waals surface area (Å²) in [5.41, 5.74) is 3.10. The number of fused-ring (bicyclic) bond motifs is 1. The lowest BCUT2D eigenvalue weighted by Gasteiger charge is -2.34. The van der Waals surface area contributed by atoms with Gasteiger partial charge < -0.3 is 15.1 Å². The molecular weight excluding hydrogens is 432 g/mol. The summed E-state index contributed by atoms with van der Waals surface area (Å²) in [7, 11) is 0. The molecule has 5 rings (SSSR count). The third kappa shape index (κ3) is 5.34. The molecule has 1 atom stereocenters. The van der Waals surface area contributed by atoms with Gasteiger partial charge in [0.1, 0.15) is 10.3 Å². The number of amides is 1. The predicted octanol–water partition coefficient (Wildman–Crippen LogP) is 3.68. The number of hydrogen-bond donors (Lipinski definition) is 1. The molecule has 1 N–H and O–H groups in total. The Hall–Kier alpha value is -2.55. The third-order valence-electron chi connectivity index (χ3n) is 6.76. The zero-order chi connectivity index (χ0) is 22.6. The van der Waals surface area contributed by atoms with Crippen molar-refractivity contribution in [3.05, 3.63) is 48.2 Å². The summed E-state index contributed by atoms with van der Waals surface area (Å²) in [5.74, 6) is 0.0654. The second-order valence-corrected chi connectivity index (χ2v) is 9.96. The van der Waals surface area contributed by atoms with Gasteiger partial charge in [0.2, 0.25) is 5.91 Å². The highest BCUT2D eigenvalue weighted by molar-refractivity contribution is 7.21. The van der Waals surface area contributed by atoms with Gasteiger partial charge in [-0.2, -0.15) is 0 Å². The third-order valence-corrected chi connectivity index (χ3v) is 7.80. The highest BCUT2D eigenvalue weighted by Crippen LogP contribution is 2.30. The molecule has 2 aliphatic heterocycles. The maximum atomic E-state index is 13.0.